The Morgan fingerprint density at radius 3 is 2.30 bits per heavy atom. The maximum Gasteiger partial charge on any atom is 0.305 e. The minimum atomic E-state index is 0.0139. The van der Waals surface area contributed by atoms with Gasteiger partial charge in [-0.2, -0.15) is 0 Å². The van der Waals surface area contributed by atoms with Crippen molar-refractivity contribution >= 4 is 5.97 Å². The molecule has 4 aliphatic carbocycles. The Labute approximate surface area is 286 Å². The van der Waals surface area contributed by atoms with Crippen LogP contribution in [0.2, 0.25) is 0 Å². The second-order valence-electron chi connectivity index (χ2n) is 17.1. The lowest BCUT2D eigenvalue weighted by Gasteiger charge is -2.54. The van der Waals surface area contributed by atoms with Gasteiger partial charge in [0.25, 0.3) is 0 Å². The van der Waals surface area contributed by atoms with Crippen molar-refractivity contribution in [3.05, 3.63) is 35.5 Å². The molecular formula is C44H74O2. The maximum atomic E-state index is 12.4. The standard InChI is InChI=1S/C44H74O2/c1-7-8-9-10-11-12-13-14-15-16-17-18-19-23-42(45)46-33-36(4)34(2)24-25-35(3)39-28-29-40-38-27-26-37-22-20-21-31-43(37,5)41(38)30-32-44(39,40)6/h12-13,26-27,34-36,39-41H,7-11,14-25,28-33H2,1-6H3/b13-12-/t34-,35+,36?,39+,40-,41-,43-,44+/m0/s1. The SMILES string of the molecule is CCCCCC/C=C\CCCCCCCC(=O)OCC(C)[C@@H](C)CC[C@@H](C)[C@H]1CC[C@H]2C3=CC=C4CCCC[C@]4(C)[C@H]3CC[C@]12C. The lowest BCUT2D eigenvalue weighted by atomic mass is 9.50. The van der Waals surface area contributed by atoms with Crippen molar-refractivity contribution in [1.29, 1.82) is 0 Å². The Bertz CT molecular complexity index is 1020. The Balaban J connectivity index is 1.08. The number of hydrogen-bond donors (Lipinski definition) is 0. The van der Waals surface area contributed by atoms with Crippen molar-refractivity contribution in [2.24, 2.45) is 46.3 Å². The first-order chi connectivity index (χ1) is 22.2. The molecule has 2 nitrogen and oxygen atoms in total. The summed E-state index contributed by atoms with van der Waals surface area (Å²) in [7, 11) is 0. The number of carbonyl (C=O) groups is 1. The molecule has 0 amide bonds. The molecule has 1 unspecified atom stereocenters. The Kier molecular flexibility index (Phi) is 15.0. The smallest absolute Gasteiger partial charge is 0.305 e. The summed E-state index contributed by atoms with van der Waals surface area (Å²) in [4.78, 5) is 12.4. The van der Waals surface area contributed by atoms with Crippen LogP contribution in [0.15, 0.2) is 35.5 Å². The van der Waals surface area contributed by atoms with Crippen molar-refractivity contribution in [1.82, 2.24) is 0 Å². The van der Waals surface area contributed by atoms with Crippen molar-refractivity contribution in [2.75, 3.05) is 6.61 Å². The molecule has 0 aromatic carbocycles. The van der Waals surface area contributed by atoms with Crippen molar-refractivity contribution in [2.45, 2.75) is 183 Å². The number of fused-ring (bicyclic) bond motifs is 5. The molecule has 0 bridgehead atoms. The third kappa shape index (κ3) is 9.65. The fourth-order valence-corrected chi connectivity index (χ4v) is 10.5. The van der Waals surface area contributed by atoms with E-state index in [9.17, 15) is 4.79 Å². The van der Waals surface area contributed by atoms with Gasteiger partial charge in [-0.15, -0.1) is 0 Å². The maximum absolute atomic E-state index is 12.4. The highest BCUT2D eigenvalue weighted by atomic mass is 16.5. The molecule has 0 radical (unpaired) electrons. The Morgan fingerprint density at radius 2 is 1.54 bits per heavy atom. The summed E-state index contributed by atoms with van der Waals surface area (Å²) in [6.45, 7) is 15.4. The van der Waals surface area contributed by atoms with E-state index in [-0.39, 0.29) is 5.97 Å². The summed E-state index contributed by atoms with van der Waals surface area (Å²) < 4.78 is 5.76. The Morgan fingerprint density at radius 1 is 0.826 bits per heavy atom. The van der Waals surface area contributed by atoms with Crippen LogP contribution in [-0.4, -0.2) is 12.6 Å². The van der Waals surface area contributed by atoms with E-state index in [4.69, 9.17) is 4.74 Å². The van der Waals surface area contributed by atoms with Crippen LogP contribution >= 0.6 is 0 Å². The summed E-state index contributed by atoms with van der Waals surface area (Å²) in [5.41, 5.74) is 4.54. The fraction of sp³-hybridized carbons (Fsp3) is 0.841. The van der Waals surface area contributed by atoms with Crippen LogP contribution in [0.25, 0.3) is 0 Å². The normalized spacial score (nSPS) is 31.0. The molecule has 0 aliphatic heterocycles. The van der Waals surface area contributed by atoms with Crippen molar-refractivity contribution < 1.29 is 9.53 Å². The third-order valence-corrected chi connectivity index (χ3v) is 13.9. The quantitative estimate of drug-likeness (QED) is 0.0756. The second kappa shape index (κ2) is 18.5. The molecule has 0 heterocycles. The number of hydrogen-bond acceptors (Lipinski definition) is 2. The first kappa shape index (κ1) is 37.5. The molecule has 0 saturated heterocycles. The van der Waals surface area contributed by atoms with E-state index in [1.54, 1.807) is 5.57 Å². The van der Waals surface area contributed by atoms with Gasteiger partial charge in [-0.1, -0.05) is 135 Å². The lowest BCUT2D eigenvalue weighted by Crippen LogP contribution is -2.45. The largest absolute Gasteiger partial charge is 0.465 e. The summed E-state index contributed by atoms with van der Waals surface area (Å²) in [6, 6.07) is 0. The van der Waals surface area contributed by atoms with E-state index in [1.807, 2.05) is 5.57 Å². The monoisotopic (exact) mass is 635 g/mol. The van der Waals surface area contributed by atoms with Crippen molar-refractivity contribution in [3.63, 3.8) is 0 Å². The van der Waals surface area contributed by atoms with Gasteiger partial charge in [0, 0.05) is 6.42 Å². The van der Waals surface area contributed by atoms with Gasteiger partial charge < -0.3 is 4.74 Å². The molecule has 0 spiro atoms. The molecule has 8 atom stereocenters. The first-order valence-electron chi connectivity index (χ1n) is 20.4. The van der Waals surface area contributed by atoms with Gasteiger partial charge in [0.05, 0.1) is 6.61 Å². The van der Waals surface area contributed by atoms with Gasteiger partial charge >= 0.3 is 5.97 Å². The number of carbonyl (C=O) groups excluding carboxylic acids is 1. The van der Waals surface area contributed by atoms with Gasteiger partial charge in [0.15, 0.2) is 0 Å². The molecule has 0 aromatic rings. The minimum Gasteiger partial charge on any atom is -0.465 e. The average molecular weight is 635 g/mol. The van der Waals surface area contributed by atoms with Gasteiger partial charge in [-0.05, 0) is 123 Å². The molecule has 262 valence electrons. The average Bonchev–Trinajstić information content (AvgIpc) is 3.41. The molecule has 2 heteroatoms. The van der Waals surface area contributed by atoms with Crippen LogP contribution in [0, 0.1) is 46.3 Å². The fourth-order valence-electron chi connectivity index (χ4n) is 10.5. The summed E-state index contributed by atoms with van der Waals surface area (Å²) in [5, 5.41) is 0. The topological polar surface area (TPSA) is 26.3 Å². The van der Waals surface area contributed by atoms with Crippen LogP contribution in [0.5, 0.6) is 0 Å². The van der Waals surface area contributed by atoms with E-state index in [0.717, 1.165) is 36.5 Å². The first-order valence-corrected chi connectivity index (χ1v) is 20.4. The zero-order chi connectivity index (χ0) is 33.0. The molecule has 46 heavy (non-hydrogen) atoms. The van der Waals surface area contributed by atoms with Crippen LogP contribution in [0.1, 0.15) is 183 Å². The minimum absolute atomic E-state index is 0.0139. The van der Waals surface area contributed by atoms with Crippen molar-refractivity contribution in [3.8, 4) is 0 Å². The number of unbranched alkanes of at least 4 members (excludes halogenated alkanes) is 9. The van der Waals surface area contributed by atoms with Gasteiger partial charge in [0.1, 0.15) is 0 Å². The molecule has 0 N–H and O–H groups in total. The van der Waals surface area contributed by atoms with Gasteiger partial charge in [-0.25, -0.2) is 0 Å². The third-order valence-electron chi connectivity index (χ3n) is 13.9. The molecule has 4 rings (SSSR count). The highest BCUT2D eigenvalue weighted by Gasteiger charge is 2.56. The number of allylic oxidation sites excluding steroid dienone is 6. The summed E-state index contributed by atoms with van der Waals surface area (Å²) >= 11 is 0. The van der Waals surface area contributed by atoms with E-state index >= 15 is 0 Å². The predicted molar refractivity (Wildman–Crippen MR) is 198 cm³/mol. The number of esters is 1. The lowest BCUT2D eigenvalue weighted by molar-refractivity contribution is -0.145. The van der Waals surface area contributed by atoms with Crippen LogP contribution in [-0.2, 0) is 9.53 Å². The van der Waals surface area contributed by atoms with Gasteiger partial charge in [-0.3, -0.25) is 4.79 Å². The zero-order valence-corrected chi connectivity index (χ0v) is 31.4. The molecule has 3 fully saturated rings. The predicted octanol–water partition coefficient (Wildman–Crippen LogP) is 13.4. The van der Waals surface area contributed by atoms with E-state index in [2.05, 4.69) is 65.8 Å². The summed E-state index contributed by atoms with van der Waals surface area (Å²) in [5.74, 6) is 4.28. The second-order valence-corrected chi connectivity index (χ2v) is 17.1. The van der Waals surface area contributed by atoms with Crippen LogP contribution < -0.4 is 0 Å². The number of rotatable bonds is 20. The highest BCUT2D eigenvalue weighted by molar-refractivity contribution is 5.69. The van der Waals surface area contributed by atoms with Gasteiger partial charge in [0.2, 0.25) is 0 Å². The van der Waals surface area contributed by atoms with E-state index < -0.39 is 0 Å². The molecule has 4 aliphatic rings. The molecule has 3 saturated carbocycles. The van der Waals surface area contributed by atoms with E-state index in [1.165, 1.54) is 122 Å². The zero-order valence-electron chi connectivity index (χ0n) is 31.4. The van der Waals surface area contributed by atoms with Crippen LogP contribution in [0.4, 0.5) is 0 Å². The highest BCUT2D eigenvalue weighted by Crippen LogP contribution is 2.66. The van der Waals surface area contributed by atoms with E-state index in [0.29, 0.717) is 35.7 Å². The Hall–Kier alpha value is -1.31. The molecule has 0 aromatic heterocycles. The molecular weight excluding hydrogens is 560 g/mol. The number of ether oxygens (including phenoxy) is 1. The summed E-state index contributed by atoms with van der Waals surface area (Å²) in [6.07, 6.45) is 38.1. The van der Waals surface area contributed by atoms with Crippen LogP contribution in [0.3, 0.4) is 0 Å².